The van der Waals surface area contributed by atoms with Crippen molar-refractivity contribution in [1.29, 1.82) is 0 Å². The summed E-state index contributed by atoms with van der Waals surface area (Å²) in [5.41, 5.74) is 8.49. The topological polar surface area (TPSA) is 38.5 Å². The van der Waals surface area contributed by atoms with Crippen LogP contribution in [0.3, 0.4) is 0 Å². The van der Waals surface area contributed by atoms with Crippen molar-refractivity contribution in [2.45, 2.75) is 26.0 Å². The predicted molar refractivity (Wildman–Crippen MR) is 93.1 cm³/mol. The molecule has 22 heavy (non-hydrogen) atoms. The third-order valence-corrected chi connectivity index (χ3v) is 4.38. The number of hydrogen-bond acceptors (Lipinski definition) is 3. The van der Waals surface area contributed by atoms with Crippen molar-refractivity contribution >= 4 is 34.6 Å². The minimum atomic E-state index is -0.265. The molecular weight excluding hydrogens is 319 g/mol. The minimum Gasteiger partial charge on any atom is -0.484 e. The van der Waals surface area contributed by atoms with Gasteiger partial charge in [0, 0.05) is 12.2 Å². The minimum absolute atomic E-state index is 0.265. The molecule has 0 saturated heterocycles. The summed E-state index contributed by atoms with van der Waals surface area (Å²) in [5, 5.41) is 1.14. The Balaban J connectivity index is 1.95. The van der Waals surface area contributed by atoms with Crippen LogP contribution in [-0.2, 0) is 6.54 Å². The molecule has 0 saturated carbocycles. The van der Waals surface area contributed by atoms with E-state index in [0.717, 1.165) is 35.8 Å². The second-order valence-electron chi connectivity index (χ2n) is 6.19. The Morgan fingerprint density at radius 1 is 1.14 bits per heavy atom. The first-order valence-corrected chi connectivity index (χ1v) is 7.87. The summed E-state index contributed by atoms with van der Waals surface area (Å²) < 4.78 is 6.04. The SMILES string of the molecule is CC1(C)CN(Cc2ccc(Cl)c(Cl)c2)c2cc(N)ccc2O1. The number of fused-ring (bicyclic) bond motifs is 1. The molecule has 0 bridgehead atoms. The number of nitrogens with zero attached hydrogens (tertiary/aromatic N) is 1. The van der Waals surface area contributed by atoms with Crippen LogP contribution in [0.4, 0.5) is 11.4 Å². The molecule has 116 valence electrons. The van der Waals surface area contributed by atoms with Crippen molar-refractivity contribution in [3.05, 3.63) is 52.0 Å². The van der Waals surface area contributed by atoms with Crippen LogP contribution in [0.1, 0.15) is 19.4 Å². The van der Waals surface area contributed by atoms with Crippen LogP contribution in [0.25, 0.3) is 0 Å². The lowest BCUT2D eigenvalue weighted by Gasteiger charge is -2.41. The van der Waals surface area contributed by atoms with Gasteiger partial charge in [0.05, 0.1) is 22.3 Å². The average Bonchev–Trinajstić information content (AvgIpc) is 2.43. The van der Waals surface area contributed by atoms with Gasteiger partial charge in [-0.1, -0.05) is 29.3 Å². The first kappa shape index (κ1) is 15.3. The summed E-state index contributed by atoms with van der Waals surface area (Å²) in [6.45, 7) is 5.64. The number of rotatable bonds is 2. The maximum atomic E-state index is 6.12. The van der Waals surface area contributed by atoms with E-state index in [1.54, 1.807) is 0 Å². The van der Waals surface area contributed by atoms with Crippen molar-refractivity contribution in [1.82, 2.24) is 0 Å². The van der Waals surface area contributed by atoms with Crippen LogP contribution >= 0.6 is 23.2 Å². The van der Waals surface area contributed by atoms with Gasteiger partial charge in [-0.15, -0.1) is 0 Å². The Morgan fingerprint density at radius 2 is 1.91 bits per heavy atom. The highest BCUT2D eigenvalue weighted by Crippen LogP contribution is 2.39. The average molecular weight is 337 g/mol. The lowest BCUT2D eigenvalue weighted by molar-refractivity contribution is 0.104. The van der Waals surface area contributed by atoms with E-state index in [-0.39, 0.29) is 5.60 Å². The summed E-state index contributed by atoms with van der Waals surface area (Å²) in [6, 6.07) is 11.4. The number of nitrogens with two attached hydrogens (primary N) is 1. The third kappa shape index (κ3) is 3.11. The van der Waals surface area contributed by atoms with E-state index in [9.17, 15) is 0 Å². The highest BCUT2D eigenvalue weighted by molar-refractivity contribution is 6.42. The van der Waals surface area contributed by atoms with Crippen molar-refractivity contribution in [2.24, 2.45) is 0 Å². The number of anilines is 2. The molecule has 0 fully saturated rings. The van der Waals surface area contributed by atoms with E-state index < -0.39 is 0 Å². The Hall–Kier alpha value is -1.58. The maximum absolute atomic E-state index is 6.12. The summed E-state index contributed by atoms with van der Waals surface area (Å²) in [7, 11) is 0. The number of nitrogen functional groups attached to an aromatic ring is 1. The molecule has 2 aromatic carbocycles. The second kappa shape index (κ2) is 5.56. The summed E-state index contributed by atoms with van der Waals surface area (Å²) in [6.07, 6.45) is 0. The molecule has 3 nitrogen and oxygen atoms in total. The molecule has 0 aromatic heterocycles. The molecule has 0 aliphatic carbocycles. The van der Waals surface area contributed by atoms with Crippen molar-refractivity contribution in [3.63, 3.8) is 0 Å². The third-order valence-electron chi connectivity index (χ3n) is 3.64. The van der Waals surface area contributed by atoms with E-state index >= 15 is 0 Å². The molecule has 0 unspecified atom stereocenters. The van der Waals surface area contributed by atoms with Gasteiger partial charge in [-0.05, 0) is 49.7 Å². The molecule has 0 amide bonds. The summed E-state index contributed by atoms with van der Waals surface area (Å²) in [5.74, 6) is 0.852. The normalized spacial score (nSPS) is 16.1. The number of hydrogen-bond donors (Lipinski definition) is 1. The first-order chi connectivity index (χ1) is 10.3. The fraction of sp³-hybridized carbons (Fsp3) is 0.294. The largest absolute Gasteiger partial charge is 0.484 e. The molecule has 0 radical (unpaired) electrons. The van der Waals surface area contributed by atoms with Gasteiger partial charge in [-0.25, -0.2) is 0 Å². The predicted octanol–water partition coefficient (Wildman–Crippen LogP) is 4.75. The first-order valence-electron chi connectivity index (χ1n) is 7.11. The molecular formula is C17H18Cl2N2O. The van der Waals surface area contributed by atoms with Gasteiger partial charge in [0.1, 0.15) is 11.4 Å². The lowest BCUT2D eigenvalue weighted by atomic mass is 10.0. The van der Waals surface area contributed by atoms with Crippen LogP contribution in [-0.4, -0.2) is 12.1 Å². The Labute approximate surface area is 140 Å². The van der Waals surface area contributed by atoms with E-state index in [1.165, 1.54) is 0 Å². The van der Waals surface area contributed by atoms with E-state index in [2.05, 4.69) is 18.7 Å². The van der Waals surface area contributed by atoms with Crippen LogP contribution in [0.5, 0.6) is 5.75 Å². The van der Waals surface area contributed by atoms with Crippen molar-refractivity contribution in [3.8, 4) is 5.75 Å². The molecule has 1 aliphatic heterocycles. The van der Waals surface area contributed by atoms with Crippen LogP contribution in [0.15, 0.2) is 36.4 Å². The second-order valence-corrected chi connectivity index (χ2v) is 7.01. The fourth-order valence-electron chi connectivity index (χ4n) is 2.74. The Kier molecular flexibility index (Phi) is 3.87. The van der Waals surface area contributed by atoms with Crippen LogP contribution < -0.4 is 15.4 Å². The number of ether oxygens (including phenoxy) is 1. The van der Waals surface area contributed by atoms with Gasteiger partial charge in [0.25, 0.3) is 0 Å². The van der Waals surface area contributed by atoms with E-state index in [4.69, 9.17) is 33.7 Å². The van der Waals surface area contributed by atoms with Gasteiger partial charge >= 0.3 is 0 Å². The van der Waals surface area contributed by atoms with Gasteiger partial charge < -0.3 is 15.4 Å². The van der Waals surface area contributed by atoms with E-state index in [1.807, 2.05) is 36.4 Å². The standard InChI is InChI=1S/C17H18Cl2N2O/c1-17(2)10-21(9-11-3-5-13(18)14(19)7-11)15-8-12(20)4-6-16(15)22-17/h3-8H,9-10,20H2,1-2H3. The molecule has 3 rings (SSSR count). The summed E-state index contributed by atoms with van der Waals surface area (Å²) >= 11 is 12.1. The lowest BCUT2D eigenvalue weighted by Crippen LogP contribution is -2.46. The van der Waals surface area contributed by atoms with E-state index in [0.29, 0.717) is 10.0 Å². The van der Waals surface area contributed by atoms with Crippen molar-refractivity contribution in [2.75, 3.05) is 17.2 Å². The summed E-state index contributed by atoms with van der Waals surface area (Å²) in [4.78, 5) is 2.26. The van der Waals surface area contributed by atoms with Crippen LogP contribution in [0.2, 0.25) is 10.0 Å². The number of halogens is 2. The monoisotopic (exact) mass is 336 g/mol. The molecule has 0 atom stereocenters. The quantitative estimate of drug-likeness (QED) is 0.804. The smallest absolute Gasteiger partial charge is 0.143 e. The molecule has 0 spiro atoms. The zero-order valence-electron chi connectivity index (χ0n) is 12.6. The zero-order chi connectivity index (χ0) is 15.9. The van der Waals surface area contributed by atoms with Crippen LogP contribution in [0, 0.1) is 0 Å². The highest BCUT2D eigenvalue weighted by atomic mass is 35.5. The van der Waals surface area contributed by atoms with Crippen molar-refractivity contribution < 1.29 is 4.74 Å². The Morgan fingerprint density at radius 3 is 2.64 bits per heavy atom. The molecule has 5 heteroatoms. The Bertz CT molecular complexity index is 716. The van der Waals surface area contributed by atoms with Gasteiger partial charge in [-0.3, -0.25) is 0 Å². The number of benzene rings is 2. The van der Waals surface area contributed by atoms with Gasteiger partial charge in [0.15, 0.2) is 0 Å². The van der Waals surface area contributed by atoms with Gasteiger partial charge in [0.2, 0.25) is 0 Å². The fourth-order valence-corrected chi connectivity index (χ4v) is 3.06. The van der Waals surface area contributed by atoms with Gasteiger partial charge in [-0.2, -0.15) is 0 Å². The molecule has 2 aromatic rings. The molecule has 1 aliphatic rings. The zero-order valence-corrected chi connectivity index (χ0v) is 14.1. The molecule has 1 heterocycles. The maximum Gasteiger partial charge on any atom is 0.143 e. The molecule has 2 N–H and O–H groups in total. The highest BCUT2D eigenvalue weighted by Gasteiger charge is 2.31.